The van der Waals surface area contributed by atoms with Gasteiger partial charge in [-0.15, -0.1) is 0 Å². The van der Waals surface area contributed by atoms with Crippen LogP contribution in [0.4, 0.5) is 10.2 Å². The van der Waals surface area contributed by atoms with Crippen LogP contribution in [0.15, 0.2) is 43.0 Å². The van der Waals surface area contributed by atoms with E-state index in [1.807, 2.05) is 46.9 Å². The molecule has 1 aromatic carbocycles. The van der Waals surface area contributed by atoms with Crippen molar-refractivity contribution in [2.75, 3.05) is 31.1 Å². The lowest BCUT2D eigenvalue weighted by Crippen LogP contribution is -2.65. The number of amides is 1. The largest absolute Gasteiger partial charge is 0.490 e. The number of hydrogen-bond donors (Lipinski definition) is 1. The zero-order chi connectivity index (χ0) is 29.9. The molecule has 1 amide bonds. The van der Waals surface area contributed by atoms with E-state index in [1.165, 1.54) is 30.1 Å². The number of fused-ring (bicyclic) bond motifs is 1. The Morgan fingerprint density at radius 2 is 1.95 bits per heavy atom. The van der Waals surface area contributed by atoms with Gasteiger partial charge in [-0.1, -0.05) is 13.8 Å². The predicted octanol–water partition coefficient (Wildman–Crippen LogP) is 5.39. The molecule has 2 fully saturated rings. The van der Waals surface area contributed by atoms with Crippen LogP contribution in [0.3, 0.4) is 0 Å². The number of halogens is 1. The monoisotopic (exact) mass is 576 g/mol. The van der Waals surface area contributed by atoms with Gasteiger partial charge < -0.3 is 24.6 Å². The third-order valence-corrected chi connectivity index (χ3v) is 8.19. The molecule has 0 unspecified atom stereocenters. The average molecular weight is 577 g/mol. The van der Waals surface area contributed by atoms with Gasteiger partial charge in [0.1, 0.15) is 29.7 Å². The summed E-state index contributed by atoms with van der Waals surface area (Å²) in [4.78, 5) is 30.3. The minimum absolute atomic E-state index is 0.0301. The average Bonchev–Trinajstić information content (AvgIpc) is 2.96. The SMILES string of the molecule is CC.CCN(C(=O)c1cc(F)ccc1Oc1cncnc1N1CC2(CC(Oc3ccnc4c3CNCC4)C2)C1)C(C)C. The van der Waals surface area contributed by atoms with E-state index >= 15 is 0 Å². The quantitative estimate of drug-likeness (QED) is 0.382. The first kappa shape index (κ1) is 29.7. The van der Waals surface area contributed by atoms with Crippen molar-refractivity contribution in [2.24, 2.45) is 5.41 Å². The number of pyridine rings is 1. The highest BCUT2D eigenvalue weighted by Gasteiger charge is 2.54. The third kappa shape index (κ3) is 5.90. The van der Waals surface area contributed by atoms with Crippen molar-refractivity contribution < 1.29 is 18.7 Å². The minimum Gasteiger partial charge on any atom is -0.490 e. The highest BCUT2D eigenvalue weighted by molar-refractivity contribution is 5.97. The maximum atomic E-state index is 14.2. The second-order valence-corrected chi connectivity index (χ2v) is 11.3. The van der Waals surface area contributed by atoms with Crippen LogP contribution in [-0.2, 0) is 13.0 Å². The molecule has 9 nitrogen and oxygen atoms in total. The highest BCUT2D eigenvalue weighted by atomic mass is 19.1. The molecule has 0 bridgehead atoms. The number of nitrogens with one attached hydrogen (secondary N) is 1. The highest BCUT2D eigenvalue weighted by Crippen LogP contribution is 2.52. The summed E-state index contributed by atoms with van der Waals surface area (Å²) >= 11 is 0. The Morgan fingerprint density at radius 3 is 2.69 bits per heavy atom. The number of carbonyl (C=O) groups excluding carboxylic acids is 1. The van der Waals surface area contributed by atoms with Gasteiger partial charge in [0, 0.05) is 68.1 Å². The lowest BCUT2D eigenvalue weighted by Gasteiger charge is -2.59. The number of nitrogens with zero attached hydrogens (tertiary/aromatic N) is 5. The number of hydrogen-bond acceptors (Lipinski definition) is 8. The summed E-state index contributed by atoms with van der Waals surface area (Å²) in [6.45, 7) is 13.7. The van der Waals surface area contributed by atoms with Crippen molar-refractivity contribution in [2.45, 2.75) is 72.6 Å². The lowest BCUT2D eigenvalue weighted by atomic mass is 9.61. The maximum absolute atomic E-state index is 14.2. The molecule has 0 radical (unpaired) electrons. The number of carbonyl (C=O) groups is 1. The van der Waals surface area contributed by atoms with Crippen molar-refractivity contribution in [1.29, 1.82) is 0 Å². The van der Waals surface area contributed by atoms with Crippen molar-refractivity contribution >= 4 is 11.7 Å². The number of anilines is 1. The minimum atomic E-state index is -0.491. The summed E-state index contributed by atoms with van der Waals surface area (Å²) in [5.74, 6) is 1.56. The summed E-state index contributed by atoms with van der Waals surface area (Å²) in [6, 6.07) is 5.97. The summed E-state index contributed by atoms with van der Waals surface area (Å²) in [7, 11) is 0. The van der Waals surface area contributed by atoms with Crippen LogP contribution in [0, 0.1) is 11.2 Å². The zero-order valence-electron chi connectivity index (χ0n) is 25.2. The van der Waals surface area contributed by atoms with E-state index < -0.39 is 5.82 Å². The van der Waals surface area contributed by atoms with E-state index in [-0.39, 0.29) is 34.8 Å². The second kappa shape index (κ2) is 12.6. The van der Waals surface area contributed by atoms with Gasteiger partial charge in [0.05, 0.1) is 11.8 Å². The van der Waals surface area contributed by atoms with Crippen molar-refractivity contribution in [1.82, 2.24) is 25.2 Å². The molecule has 4 heterocycles. The molecule has 6 rings (SSSR count). The molecule has 1 saturated carbocycles. The van der Waals surface area contributed by atoms with Crippen molar-refractivity contribution in [3.63, 3.8) is 0 Å². The fraction of sp³-hybridized carbons (Fsp3) is 0.500. The Morgan fingerprint density at radius 1 is 1.17 bits per heavy atom. The molecule has 0 atom stereocenters. The molecular formula is C32H41FN6O3. The third-order valence-electron chi connectivity index (χ3n) is 8.19. The van der Waals surface area contributed by atoms with Crippen LogP contribution in [0.5, 0.6) is 17.2 Å². The van der Waals surface area contributed by atoms with Gasteiger partial charge in [0.25, 0.3) is 5.91 Å². The molecule has 1 aliphatic carbocycles. The summed E-state index contributed by atoms with van der Waals surface area (Å²) < 4.78 is 26.8. The Kier molecular flexibility index (Phi) is 8.91. The van der Waals surface area contributed by atoms with Gasteiger partial charge in [0.2, 0.25) is 0 Å². The number of benzene rings is 1. The number of rotatable bonds is 8. The number of ether oxygens (including phenoxy) is 2. The molecule has 1 saturated heterocycles. The lowest BCUT2D eigenvalue weighted by molar-refractivity contribution is -0.0349. The second-order valence-electron chi connectivity index (χ2n) is 11.3. The summed E-state index contributed by atoms with van der Waals surface area (Å²) in [5.41, 5.74) is 2.68. The first-order valence-corrected chi connectivity index (χ1v) is 15.0. The molecule has 2 aromatic heterocycles. The van der Waals surface area contributed by atoms with Gasteiger partial charge in [-0.3, -0.25) is 9.78 Å². The van der Waals surface area contributed by atoms with Crippen molar-refractivity contribution in [3.8, 4) is 17.2 Å². The Labute approximate surface area is 247 Å². The van der Waals surface area contributed by atoms with Crippen LogP contribution in [0.2, 0.25) is 0 Å². The molecule has 1 spiro atoms. The first-order chi connectivity index (χ1) is 20.4. The summed E-state index contributed by atoms with van der Waals surface area (Å²) in [5, 5.41) is 3.41. The van der Waals surface area contributed by atoms with Crippen LogP contribution >= 0.6 is 0 Å². The van der Waals surface area contributed by atoms with Crippen LogP contribution in [0.1, 0.15) is 69.1 Å². The van der Waals surface area contributed by atoms with E-state index in [0.29, 0.717) is 18.1 Å². The van der Waals surface area contributed by atoms with Crippen LogP contribution in [-0.4, -0.2) is 64.1 Å². The van der Waals surface area contributed by atoms with E-state index in [4.69, 9.17) is 9.47 Å². The summed E-state index contributed by atoms with van der Waals surface area (Å²) in [6.07, 6.45) is 8.02. The Bertz CT molecular complexity index is 1400. The van der Waals surface area contributed by atoms with Gasteiger partial charge in [-0.05, 0) is 57.9 Å². The fourth-order valence-electron chi connectivity index (χ4n) is 6.19. The van der Waals surface area contributed by atoms with Gasteiger partial charge in [-0.25, -0.2) is 14.4 Å². The zero-order valence-corrected chi connectivity index (χ0v) is 25.2. The van der Waals surface area contributed by atoms with Gasteiger partial charge in [-0.2, -0.15) is 0 Å². The Hall–Kier alpha value is -3.79. The van der Waals surface area contributed by atoms with E-state index in [9.17, 15) is 9.18 Å². The fourth-order valence-corrected chi connectivity index (χ4v) is 6.19. The molecule has 224 valence electrons. The van der Waals surface area contributed by atoms with E-state index in [0.717, 1.165) is 56.9 Å². The standard InChI is InChI=1S/C30H35FN6O3.C2H6/c1-4-37(19(2)3)29(38)22-11-20(31)5-6-25(22)40-27-15-33-18-35-28(27)36-16-30(17-36)12-21(13-30)39-26-8-10-34-24-7-9-32-14-23(24)26;1-2/h5-6,8,10-11,15,18-19,21,32H,4,7,9,12-14,16-17H2,1-3H3;1-2H3. The van der Waals surface area contributed by atoms with Crippen LogP contribution < -0.4 is 19.7 Å². The topological polar surface area (TPSA) is 92.7 Å². The number of aromatic nitrogens is 3. The molecular weight excluding hydrogens is 535 g/mol. The van der Waals surface area contributed by atoms with Gasteiger partial charge in [0.15, 0.2) is 11.6 Å². The smallest absolute Gasteiger partial charge is 0.257 e. The Balaban J connectivity index is 0.00000173. The van der Waals surface area contributed by atoms with E-state index in [1.54, 1.807) is 11.1 Å². The first-order valence-electron chi connectivity index (χ1n) is 15.0. The van der Waals surface area contributed by atoms with Crippen LogP contribution in [0.25, 0.3) is 0 Å². The predicted molar refractivity (Wildman–Crippen MR) is 160 cm³/mol. The van der Waals surface area contributed by atoms with Gasteiger partial charge >= 0.3 is 0 Å². The molecule has 42 heavy (non-hydrogen) atoms. The normalized spacial score (nSPS) is 17.0. The maximum Gasteiger partial charge on any atom is 0.257 e. The molecule has 3 aliphatic rings. The van der Waals surface area contributed by atoms with Crippen molar-refractivity contribution in [3.05, 3.63) is 65.6 Å². The molecule has 10 heteroatoms. The van der Waals surface area contributed by atoms with E-state index in [2.05, 4.69) is 25.2 Å². The molecule has 2 aliphatic heterocycles. The molecule has 3 aromatic rings. The molecule has 1 N–H and O–H groups in total.